The third-order valence-corrected chi connectivity index (χ3v) is 2.24. The lowest BCUT2D eigenvalue weighted by Gasteiger charge is -2.10. The van der Waals surface area contributed by atoms with Crippen LogP contribution in [0.25, 0.3) is 0 Å². The van der Waals surface area contributed by atoms with Crippen molar-refractivity contribution in [2.45, 2.75) is 12.8 Å². The molecule has 0 atom stereocenters. The van der Waals surface area contributed by atoms with E-state index in [1.54, 1.807) is 0 Å². The number of hydrogen-bond donors (Lipinski definition) is 0. The van der Waals surface area contributed by atoms with Gasteiger partial charge in [-0.3, -0.25) is 0 Å². The van der Waals surface area contributed by atoms with Crippen LogP contribution < -0.4 is 4.74 Å². The van der Waals surface area contributed by atoms with E-state index in [4.69, 9.17) is 21.6 Å². The van der Waals surface area contributed by atoms with Crippen LogP contribution in [0, 0.1) is 23.0 Å². The molecular weight excluding hydrogens is 224 g/mol. The molecule has 0 fully saturated rings. The van der Waals surface area contributed by atoms with Crippen molar-refractivity contribution in [1.82, 2.24) is 0 Å². The number of ether oxygens (including phenoxy) is 1. The molecule has 0 heterocycles. The molecule has 0 N–H and O–H groups in total. The normalized spacial score (nSPS) is 9.80. The standard InChI is InChI=1S/C10H8ClF2NO/c1-15-10-6(3-2-4-14)5-7(12)9(13)8(10)11/h5H,2-3H2,1H3. The second kappa shape index (κ2) is 4.94. The number of methoxy groups -OCH3 is 1. The van der Waals surface area contributed by atoms with Gasteiger partial charge in [0.05, 0.1) is 13.2 Å². The van der Waals surface area contributed by atoms with Crippen LogP contribution in [0.2, 0.25) is 5.02 Å². The quantitative estimate of drug-likeness (QED) is 0.749. The highest BCUT2D eigenvalue weighted by atomic mass is 35.5. The third kappa shape index (κ3) is 2.37. The SMILES string of the molecule is COc1c(CCC#N)cc(F)c(F)c1Cl. The van der Waals surface area contributed by atoms with Crippen molar-refractivity contribution in [3.63, 3.8) is 0 Å². The van der Waals surface area contributed by atoms with Gasteiger partial charge in [0, 0.05) is 6.42 Å². The highest BCUT2D eigenvalue weighted by molar-refractivity contribution is 6.32. The maximum absolute atomic E-state index is 13.0. The van der Waals surface area contributed by atoms with Crippen molar-refractivity contribution in [2.24, 2.45) is 0 Å². The number of hydrogen-bond acceptors (Lipinski definition) is 2. The topological polar surface area (TPSA) is 33.0 Å². The van der Waals surface area contributed by atoms with E-state index in [0.29, 0.717) is 5.56 Å². The van der Waals surface area contributed by atoms with Gasteiger partial charge in [0.2, 0.25) is 0 Å². The molecule has 1 aromatic rings. The van der Waals surface area contributed by atoms with Crippen LogP contribution in [0.4, 0.5) is 8.78 Å². The first-order chi connectivity index (χ1) is 7.11. The van der Waals surface area contributed by atoms with Gasteiger partial charge < -0.3 is 4.74 Å². The van der Waals surface area contributed by atoms with Gasteiger partial charge in [0.1, 0.15) is 10.8 Å². The fourth-order valence-corrected chi connectivity index (χ4v) is 1.51. The Hall–Kier alpha value is -1.34. The van der Waals surface area contributed by atoms with E-state index in [1.807, 2.05) is 6.07 Å². The van der Waals surface area contributed by atoms with Crippen LogP contribution in [-0.4, -0.2) is 7.11 Å². The van der Waals surface area contributed by atoms with Gasteiger partial charge in [-0.2, -0.15) is 5.26 Å². The van der Waals surface area contributed by atoms with Gasteiger partial charge in [-0.15, -0.1) is 0 Å². The number of aryl methyl sites for hydroxylation is 1. The van der Waals surface area contributed by atoms with Crippen LogP contribution in [0.15, 0.2) is 6.07 Å². The van der Waals surface area contributed by atoms with Crippen molar-refractivity contribution in [3.05, 3.63) is 28.3 Å². The molecular formula is C10H8ClF2NO. The molecule has 0 unspecified atom stereocenters. The zero-order chi connectivity index (χ0) is 11.4. The fraction of sp³-hybridized carbons (Fsp3) is 0.300. The van der Waals surface area contributed by atoms with Crippen molar-refractivity contribution in [2.75, 3.05) is 7.11 Å². The van der Waals surface area contributed by atoms with E-state index < -0.39 is 11.6 Å². The Labute approximate surface area is 91.0 Å². The van der Waals surface area contributed by atoms with E-state index in [-0.39, 0.29) is 23.6 Å². The Morgan fingerprint density at radius 1 is 1.53 bits per heavy atom. The van der Waals surface area contributed by atoms with Gasteiger partial charge in [0.25, 0.3) is 0 Å². The number of halogens is 3. The highest BCUT2D eigenvalue weighted by Gasteiger charge is 2.17. The Balaban J connectivity index is 3.20. The first-order valence-electron chi connectivity index (χ1n) is 4.19. The largest absolute Gasteiger partial charge is 0.495 e. The minimum absolute atomic E-state index is 0.0887. The average Bonchev–Trinajstić information content (AvgIpc) is 2.23. The minimum Gasteiger partial charge on any atom is -0.495 e. The smallest absolute Gasteiger partial charge is 0.181 e. The van der Waals surface area contributed by atoms with Crippen LogP contribution in [0.5, 0.6) is 5.75 Å². The molecule has 0 radical (unpaired) electrons. The summed E-state index contributed by atoms with van der Waals surface area (Å²) in [5.41, 5.74) is 0.392. The van der Waals surface area contributed by atoms with Crippen LogP contribution >= 0.6 is 11.6 Å². The Morgan fingerprint density at radius 2 is 2.20 bits per heavy atom. The van der Waals surface area contributed by atoms with Gasteiger partial charge in [-0.25, -0.2) is 8.78 Å². The van der Waals surface area contributed by atoms with Gasteiger partial charge in [-0.1, -0.05) is 11.6 Å². The van der Waals surface area contributed by atoms with Gasteiger partial charge in [0.15, 0.2) is 11.6 Å². The molecule has 0 amide bonds. The summed E-state index contributed by atoms with van der Waals surface area (Å²) in [6.45, 7) is 0. The lowest BCUT2D eigenvalue weighted by molar-refractivity contribution is 0.401. The highest BCUT2D eigenvalue weighted by Crippen LogP contribution is 2.33. The lowest BCUT2D eigenvalue weighted by Crippen LogP contribution is -1.98. The van der Waals surface area contributed by atoms with Crippen LogP contribution in [0.3, 0.4) is 0 Å². The molecule has 0 aliphatic heterocycles. The zero-order valence-corrected chi connectivity index (χ0v) is 8.74. The van der Waals surface area contributed by atoms with Crippen molar-refractivity contribution in [1.29, 1.82) is 5.26 Å². The predicted molar refractivity (Wildman–Crippen MR) is 51.9 cm³/mol. The number of rotatable bonds is 3. The van der Waals surface area contributed by atoms with Crippen molar-refractivity contribution < 1.29 is 13.5 Å². The van der Waals surface area contributed by atoms with E-state index in [2.05, 4.69) is 0 Å². The molecule has 0 bridgehead atoms. The van der Waals surface area contributed by atoms with Crippen molar-refractivity contribution >= 4 is 11.6 Å². The fourth-order valence-electron chi connectivity index (χ4n) is 1.22. The summed E-state index contributed by atoms with van der Waals surface area (Å²) < 4.78 is 30.9. The first-order valence-corrected chi connectivity index (χ1v) is 4.57. The Bertz CT molecular complexity index is 415. The monoisotopic (exact) mass is 231 g/mol. The lowest BCUT2D eigenvalue weighted by atomic mass is 10.1. The van der Waals surface area contributed by atoms with E-state index in [0.717, 1.165) is 6.07 Å². The van der Waals surface area contributed by atoms with Gasteiger partial charge >= 0.3 is 0 Å². The average molecular weight is 232 g/mol. The summed E-state index contributed by atoms with van der Waals surface area (Å²) >= 11 is 5.56. The molecule has 15 heavy (non-hydrogen) atoms. The number of nitrogens with zero attached hydrogens (tertiary/aromatic N) is 1. The van der Waals surface area contributed by atoms with Crippen LogP contribution in [-0.2, 0) is 6.42 Å². The minimum atomic E-state index is -1.13. The molecule has 2 nitrogen and oxygen atoms in total. The molecule has 0 aliphatic carbocycles. The molecule has 0 saturated carbocycles. The summed E-state index contributed by atoms with van der Waals surface area (Å²) in [4.78, 5) is 0. The molecule has 1 rings (SSSR count). The summed E-state index contributed by atoms with van der Waals surface area (Å²) in [5.74, 6) is -2.08. The van der Waals surface area contributed by atoms with E-state index >= 15 is 0 Å². The van der Waals surface area contributed by atoms with Crippen molar-refractivity contribution in [3.8, 4) is 11.8 Å². The predicted octanol–water partition coefficient (Wildman–Crippen LogP) is 3.08. The zero-order valence-electron chi connectivity index (χ0n) is 7.98. The first kappa shape index (κ1) is 11.7. The molecule has 0 aliphatic rings. The maximum Gasteiger partial charge on any atom is 0.181 e. The van der Waals surface area contributed by atoms with E-state index in [1.165, 1.54) is 7.11 Å². The van der Waals surface area contributed by atoms with Crippen LogP contribution in [0.1, 0.15) is 12.0 Å². The summed E-state index contributed by atoms with van der Waals surface area (Å²) in [6, 6.07) is 2.90. The van der Waals surface area contributed by atoms with Gasteiger partial charge in [-0.05, 0) is 18.1 Å². The maximum atomic E-state index is 13.0. The van der Waals surface area contributed by atoms with E-state index in [9.17, 15) is 8.78 Å². The summed E-state index contributed by atoms with van der Waals surface area (Å²) in [6.07, 6.45) is 0.467. The summed E-state index contributed by atoms with van der Waals surface area (Å²) in [7, 11) is 1.31. The second-order valence-electron chi connectivity index (χ2n) is 2.84. The Morgan fingerprint density at radius 3 is 2.73 bits per heavy atom. The molecule has 0 saturated heterocycles. The molecule has 0 spiro atoms. The molecule has 5 heteroatoms. The second-order valence-corrected chi connectivity index (χ2v) is 3.21. The third-order valence-electron chi connectivity index (χ3n) is 1.90. The molecule has 0 aromatic heterocycles. The summed E-state index contributed by atoms with van der Waals surface area (Å²) in [5, 5.41) is 8.01. The Kier molecular flexibility index (Phi) is 3.87. The molecule has 1 aromatic carbocycles. The molecule has 80 valence electrons. The number of benzene rings is 1. The number of nitriles is 1.